The maximum Gasteiger partial charge on any atom is 0.315 e. The van der Waals surface area contributed by atoms with Crippen LogP contribution in [0, 0.1) is 20.8 Å². The number of morpholine rings is 1. The molecule has 2 heterocycles. The molecule has 1 fully saturated rings. The van der Waals surface area contributed by atoms with Crippen LogP contribution < -0.4 is 10.6 Å². The molecule has 6 nitrogen and oxygen atoms in total. The molecule has 1 unspecified atom stereocenters. The molecule has 1 aliphatic rings. The average Bonchev–Trinajstić information content (AvgIpc) is 3.00. The van der Waals surface area contributed by atoms with Crippen molar-refractivity contribution in [2.24, 2.45) is 0 Å². The minimum absolute atomic E-state index is 0.0499. The van der Waals surface area contributed by atoms with Crippen molar-refractivity contribution in [1.82, 2.24) is 20.5 Å². The zero-order valence-electron chi connectivity index (χ0n) is 17.0. The predicted octanol–water partition coefficient (Wildman–Crippen LogP) is 2.98. The molecule has 0 aliphatic carbocycles. The number of amides is 2. The molecule has 1 aromatic heterocycles. The van der Waals surface area contributed by atoms with Crippen molar-refractivity contribution in [3.8, 4) is 0 Å². The smallest absolute Gasteiger partial charge is 0.315 e. The Bertz CT molecular complexity index is 769. The van der Waals surface area contributed by atoms with Gasteiger partial charge in [0.25, 0.3) is 0 Å². The number of nitrogens with zero attached hydrogens (tertiary/aromatic N) is 2. The number of rotatable bonds is 7. The summed E-state index contributed by atoms with van der Waals surface area (Å²) in [6.45, 7) is 10.8. The van der Waals surface area contributed by atoms with Gasteiger partial charge in [-0.25, -0.2) is 9.78 Å². The first-order valence-corrected chi connectivity index (χ1v) is 10.7. The van der Waals surface area contributed by atoms with E-state index < -0.39 is 0 Å². The van der Waals surface area contributed by atoms with Crippen LogP contribution in [0.4, 0.5) is 4.79 Å². The minimum Gasteiger partial charge on any atom is -0.379 e. The van der Waals surface area contributed by atoms with E-state index in [0.717, 1.165) is 55.5 Å². The summed E-state index contributed by atoms with van der Waals surface area (Å²) in [5, 5.41) is 7.23. The Kier molecular flexibility index (Phi) is 7.42. The molecular weight excluding hydrogens is 372 g/mol. The van der Waals surface area contributed by atoms with Crippen LogP contribution in [-0.4, -0.2) is 55.3 Å². The van der Waals surface area contributed by atoms with Gasteiger partial charge in [0.15, 0.2) is 0 Å². The molecule has 152 valence electrons. The largest absolute Gasteiger partial charge is 0.379 e. The normalized spacial score (nSPS) is 16.0. The predicted molar refractivity (Wildman–Crippen MR) is 113 cm³/mol. The number of ether oxygens (including phenoxy) is 1. The number of carbonyl (C=O) groups is 1. The summed E-state index contributed by atoms with van der Waals surface area (Å²) in [6.07, 6.45) is 0.809. The fourth-order valence-corrected chi connectivity index (χ4v) is 4.32. The van der Waals surface area contributed by atoms with Crippen molar-refractivity contribution in [3.05, 3.63) is 51.0 Å². The van der Waals surface area contributed by atoms with Gasteiger partial charge in [0.2, 0.25) is 0 Å². The maximum atomic E-state index is 12.5. The van der Waals surface area contributed by atoms with E-state index in [9.17, 15) is 4.79 Å². The van der Waals surface area contributed by atoms with Crippen LogP contribution in [0.5, 0.6) is 0 Å². The first kappa shape index (κ1) is 20.8. The molecule has 1 saturated heterocycles. The number of benzene rings is 1. The standard InChI is InChI=1S/C21H30N4O2S/c1-15-4-6-18(7-5-15)19(14-25-10-12-27-13-11-25)24-21(26)22-9-8-20-16(2)23-17(3)28-20/h4-7,19H,8-14H2,1-3H3,(H2,22,24,26). The van der Waals surface area contributed by atoms with Gasteiger partial charge in [-0.15, -0.1) is 11.3 Å². The lowest BCUT2D eigenvalue weighted by Crippen LogP contribution is -2.45. The number of aryl methyl sites for hydroxylation is 3. The molecule has 0 radical (unpaired) electrons. The van der Waals surface area contributed by atoms with Gasteiger partial charge < -0.3 is 15.4 Å². The first-order valence-electron chi connectivity index (χ1n) is 9.85. The number of hydrogen-bond acceptors (Lipinski definition) is 5. The van der Waals surface area contributed by atoms with Crippen LogP contribution in [-0.2, 0) is 11.2 Å². The molecular formula is C21H30N4O2S. The summed E-state index contributed by atoms with van der Waals surface area (Å²) in [6, 6.07) is 8.21. The van der Waals surface area contributed by atoms with Crippen molar-refractivity contribution in [3.63, 3.8) is 0 Å². The molecule has 1 atom stereocenters. The van der Waals surface area contributed by atoms with Gasteiger partial charge in [0.05, 0.1) is 30.0 Å². The highest BCUT2D eigenvalue weighted by Gasteiger charge is 2.20. The Morgan fingerprint density at radius 3 is 2.57 bits per heavy atom. The number of hydrogen-bond donors (Lipinski definition) is 2. The van der Waals surface area contributed by atoms with Gasteiger partial charge in [-0.3, -0.25) is 4.90 Å². The molecule has 0 saturated carbocycles. The number of carbonyl (C=O) groups excluding carboxylic acids is 1. The lowest BCUT2D eigenvalue weighted by Gasteiger charge is -2.31. The van der Waals surface area contributed by atoms with Gasteiger partial charge in [0.1, 0.15) is 0 Å². The van der Waals surface area contributed by atoms with Crippen LogP contribution in [0.2, 0.25) is 0 Å². The highest BCUT2D eigenvalue weighted by Crippen LogP contribution is 2.18. The summed E-state index contributed by atoms with van der Waals surface area (Å²) >= 11 is 1.70. The Morgan fingerprint density at radius 1 is 1.21 bits per heavy atom. The average molecular weight is 403 g/mol. The van der Waals surface area contributed by atoms with E-state index in [0.29, 0.717) is 6.54 Å². The lowest BCUT2D eigenvalue weighted by atomic mass is 10.0. The van der Waals surface area contributed by atoms with E-state index in [1.165, 1.54) is 10.4 Å². The SMILES string of the molecule is Cc1ccc(C(CN2CCOCC2)NC(=O)NCCc2sc(C)nc2C)cc1. The molecule has 0 bridgehead atoms. The number of nitrogens with one attached hydrogen (secondary N) is 2. The Labute approximate surface area is 171 Å². The monoisotopic (exact) mass is 402 g/mol. The van der Waals surface area contributed by atoms with E-state index in [1.54, 1.807) is 11.3 Å². The van der Waals surface area contributed by atoms with Crippen LogP contribution in [0.25, 0.3) is 0 Å². The summed E-state index contributed by atoms with van der Waals surface area (Å²) in [5.74, 6) is 0. The van der Waals surface area contributed by atoms with Crippen molar-refractivity contribution >= 4 is 17.4 Å². The third kappa shape index (κ3) is 6.02. The molecule has 7 heteroatoms. The Hall–Kier alpha value is -1.96. The topological polar surface area (TPSA) is 66.5 Å². The third-order valence-electron chi connectivity index (χ3n) is 4.97. The maximum absolute atomic E-state index is 12.5. The zero-order chi connectivity index (χ0) is 19.9. The molecule has 0 spiro atoms. The number of thiazole rings is 1. The van der Waals surface area contributed by atoms with E-state index in [-0.39, 0.29) is 12.1 Å². The third-order valence-corrected chi connectivity index (χ3v) is 6.10. The molecule has 2 amide bonds. The zero-order valence-corrected chi connectivity index (χ0v) is 17.8. The summed E-state index contributed by atoms with van der Waals surface area (Å²) in [4.78, 5) is 20.6. The van der Waals surface area contributed by atoms with Crippen molar-refractivity contribution in [2.75, 3.05) is 39.4 Å². The molecule has 3 rings (SSSR count). The van der Waals surface area contributed by atoms with Gasteiger partial charge in [-0.05, 0) is 26.3 Å². The highest BCUT2D eigenvalue weighted by atomic mass is 32.1. The Balaban J connectivity index is 1.56. The fourth-order valence-electron chi connectivity index (χ4n) is 3.38. The molecule has 2 N–H and O–H groups in total. The van der Waals surface area contributed by atoms with Crippen LogP contribution in [0.1, 0.15) is 32.7 Å². The minimum atomic E-state index is -0.127. The molecule has 1 aliphatic heterocycles. The van der Waals surface area contributed by atoms with Gasteiger partial charge in [0, 0.05) is 37.5 Å². The van der Waals surface area contributed by atoms with Crippen molar-refractivity contribution in [1.29, 1.82) is 0 Å². The number of aromatic nitrogens is 1. The molecule has 2 aromatic rings. The summed E-state index contributed by atoms with van der Waals surface area (Å²) in [5.41, 5.74) is 3.41. The van der Waals surface area contributed by atoms with Gasteiger partial charge >= 0.3 is 6.03 Å². The number of urea groups is 1. The highest BCUT2D eigenvalue weighted by molar-refractivity contribution is 7.11. The van der Waals surface area contributed by atoms with Gasteiger partial charge in [-0.1, -0.05) is 29.8 Å². The van der Waals surface area contributed by atoms with E-state index in [1.807, 2.05) is 13.8 Å². The van der Waals surface area contributed by atoms with Crippen LogP contribution in [0.15, 0.2) is 24.3 Å². The van der Waals surface area contributed by atoms with Crippen LogP contribution >= 0.6 is 11.3 Å². The molecule has 1 aromatic carbocycles. The van der Waals surface area contributed by atoms with Crippen LogP contribution in [0.3, 0.4) is 0 Å². The second-order valence-electron chi connectivity index (χ2n) is 7.27. The quantitative estimate of drug-likeness (QED) is 0.747. The Morgan fingerprint density at radius 2 is 1.93 bits per heavy atom. The van der Waals surface area contributed by atoms with Crippen molar-refractivity contribution < 1.29 is 9.53 Å². The second-order valence-corrected chi connectivity index (χ2v) is 8.56. The second kappa shape index (κ2) is 10.0. The van der Waals surface area contributed by atoms with Crippen molar-refractivity contribution in [2.45, 2.75) is 33.2 Å². The summed E-state index contributed by atoms with van der Waals surface area (Å²) in [7, 11) is 0. The fraction of sp³-hybridized carbons (Fsp3) is 0.524. The van der Waals surface area contributed by atoms with Gasteiger partial charge in [-0.2, -0.15) is 0 Å². The van der Waals surface area contributed by atoms with E-state index in [2.05, 4.69) is 51.7 Å². The first-order chi connectivity index (χ1) is 13.5. The molecule has 28 heavy (non-hydrogen) atoms. The van der Waals surface area contributed by atoms with E-state index >= 15 is 0 Å². The lowest BCUT2D eigenvalue weighted by molar-refractivity contribution is 0.0340. The van der Waals surface area contributed by atoms with E-state index in [4.69, 9.17) is 4.74 Å². The summed E-state index contributed by atoms with van der Waals surface area (Å²) < 4.78 is 5.44.